The van der Waals surface area contributed by atoms with Crippen LogP contribution in [0.3, 0.4) is 0 Å². The first kappa shape index (κ1) is 26.5. The maximum Gasteiger partial charge on any atom is 0.0789 e. The molecule has 1 saturated heterocycles. The molecule has 8 atom stereocenters. The van der Waals surface area contributed by atoms with Crippen molar-refractivity contribution in [1.29, 1.82) is 0 Å². The van der Waals surface area contributed by atoms with E-state index in [1.165, 1.54) is 80.3 Å². The van der Waals surface area contributed by atoms with E-state index in [0.29, 0.717) is 11.5 Å². The first-order chi connectivity index (χ1) is 13.6. The fourth-order valence-electron chi connectivity index (χ4n) is 5.86. The van der Waals surface area contributed by atoms with E-state index < -0.39 is 16.1 Å². The topological polar surface area (TPSA) is 9.23 Å². The number of unbranched alkanes of at least 4 members (excludes halogenated alkanes) is 2. The summed E-state index contributed by atoms with van der Waals surface area (Å²) in [4.78, 5) is 0. The van der Waals surface area contributed by atoms with Gasteiger partial charge in [-0.3, -0.25) is 0 Å². The molecule has 0 aromatic rings. The van der Waals surface area contributed by atoms with Crippen LogP contribution in [0, 0.1) is 23.7 Å². The first-order valence-corrected chi connectivity index (χ1v) is 22.6. The van der Waals surface area contributed by atoms with Gasteiger partial charge in [0.2, 0.25) is 0 Å². The Kier molecular flexibility index (Phi) is 10.9. The third-order valence-electron chi connectivity index (χ3n) is 7.37. The number of rotatable bonds is 12. The summed E-state index contributed by atoms with van der Waals surface area (Å²) in [6.45, 7) is 20.1. The van der Waals surface area contributed by atoms with Gasteiger partial charge in [-0.2, -0.15) is 0 Å². The van der Waals surface area contributed by atoms with Gasteiger partial charge in [-0.05, 0) is 74.0 Å². The lowest BCUT2D eigenvalue weighted by Crippen LogP contribution is -2.46. The van der Waals surface area contributed by atoms with Crippen molar-refractivity contribution in [2.45, 2.75) is 103 Å². The molecule has 0 bridgehead atoms. The highest BCUT2D eigenvalue weighted by atomic mass is 31.1. The highest BCUT2D eigenvalue weighted by Gasteiger charge is 2.55. The lowest BCUT2D eigenvalue weighted by atomic mass is 9.70. The van der Waals surface area contributed by atoms with Gasteiger partial charge in [0.1, 0.15) is 0 Å². The van der Waals surface area contributed by atoms with Gasteiger partial charge in [-0.1, -0.05) is 66.0 Å². The van der Waals surface area contributed by atoms with Crippen LogP contribution in [0.4, 0.5) is 0 Å². The van der Waals surface area contributed by atoms with Crippen LogP contribution in [0.5, 0.6) is 0 Å². The minimum Gasteiger partial charge on any atom is -0.381 e. The average molecular weight is 475 g/mol. The van der Waals surface area contributed by atoms with Gasteiger partial charge >= 0.3 is 0 Å². The lowest BCUT2D eigenvalue weighted by Gasteiger charge is -2.43. The van der Waals surface area contributed by atoms with E-state index >= 15 is 0 Å². The largest absolute Gasteiger partial charge is 0.381 e. The molecule has 2 fully saturated rings. The van der Waals surface area contributed by atoms with Gasteiger partial charge in [-0.25, -0.2) is 0 Å². The monoisotopic (exact) mass is 474 g/mol. The molecule has 172 valence electrons. The second-order valence-electron chi connectivity index (χ2n) is 12.1. The Morgan fingerprint density at radius 2 is 1.07 bits per heavy atom. The van der Waals surface area contributed by atoms with E-state index in [9.17, 15) is 0 Å². The molecule has 0 amide bonds. The zero-order chi connectivity index (χ0) is 21.7. The van der Waals surface area contributed by atoms with Crippen LogP contribution in [-0.4, -0.2) is 52.2 Å². The molecule has 0 radical (unpaired) electrons. The fourth-order valence-corrected chi connectivity index (χ4v) is 13.8. The molecule has 5 heteroatoms. The summed E-state index contributed by atoms with van der Waals surface area (Å²) in [5, 5.41) is 0. The average Bonchev–Trinajstić information content (AvgIpc) is 3.01. The Bertz CT molecular complexity index is 432. The summed E-state index contributed by atoms with van der Waals surface area (Å²) in [7, 11) is -0.143. The second-order valence-corrected chi connectivity index (χ2v) is 25.6. The summed E-state index contributed by atoms with van der Waals surface area (Å²) >= 11 is 0. The Morgan fingerprint density at radius 3 is 1.38 bits per heavy atom. The maximum atomic E-state index is 7.05. The third kappa shape index (κ3) is 7.66. The highest BCUT2D eigenvalue weighted by Crippen LogP contribution is 2.53. The van der Waals surface area contributed by atoms with Crippen molar-refractivity contribution in [2.75, 3.05) is 24.6 Å². The molecule has 0 N–H and O–H groups in total. The highest BCUT2D eigenvalue weighted by molar-refractivity contribution is 7.38. The smallest absolute Gasteiger partial charge is 0.0789 e. The van der Waals surface area contributed by atoms with Crippen LogP contribution in [0.1, 0.15) is 52.4 Å². The van der Waals surface area contributed by atoms with Crippen molar-refractivity contribution in [2.24, 2.45) is 23.7 Å². The van der Waals surface area contributed by atoms with Crippen molar-refractivity contribution in [1.82, 2.24) is 0 Å². The predicted octanol–water partition coefficient (Wildman–Crippen LogP) is 7.72. The Morgan fingerprint density at radius 1 is 0.690 bits per heavy atom. The number of fused-ring (bicyclic) bond motifs is 1. The SMILES string of the molecule is CCCCPCC1CC2C(CC1CPCCCC)C([Si](C)(C)C)OC2[Si](C)(C)C. The molecule has 2 aliphatic rings. The minimum atomic E-state index is -1.28. The molecule has 1 aliphatic heterocycles. The van der Waals surface area contributed by atoms with E-state index in [4.69, 9.17) is 4.74 Å². The van der Waals surface area contributed by atoms with Gasteiger partial charge in [-0.15, -0.1) is 17.2 Å². The van der Waals surface area contributed by atoms with Gasteiger partial charge < -0.3 is 4.74 Å². The lowest BCUT2D eigenvalue weighted by molar-refractivity contribution is 0.109. The van der Waals surface area contributed by atoms with Gasteiger partial charge in [0.05, 0.1) is 27.6 Å². The zero-order valence-electron chi connectivity index (χ0n) is 20.9. The molecule has 1 saturated carbocycles. The maximum absolute atomic E-state index is 7.05. The van der Waals surface area contributed by atoms with E-state index in [2.05, 4.69) is 53.1 Å². The van der Waals surface area contributed by atoms with Crippen molar-refractivity contribution in [3.8, 4) is 0 Å². The van der Waals surface area contributed by atoms with E-state index in [1.807, 2.05) is 0 Å². The van der Waals surface area contributed by atoms with Crippen LogP contribution in [-0.2, 0) is 4.74 Å². The van der Waals surface area contributed by atoms with Crippen molar-refractivity contribution in [3.05, 3.63) is 0 Å². The van der Waals surface area contributed by atoms with Crippen LogP contribution in [0.2, 0.25) is 39.3 Å². The molecular weight excluding hydrogens is 422 g/mol. The van der Waals surface area contributed by atoms with Crippen molar-refractivity contribution >= 4 is 33.3 Å². The minimum absolute atomic E-state index is 0.620. The van der Waals surface area contributed by atoms with Crippen molar-refractivity contribution in [3.63, 3.8) is 0 Å². The Hall–Kier alpha value is 1.25. The van der Waals surface area contributed by atoms with E-state index in [-0.39, 0.29) is 0 Å². The zero-order valence-corrected chi connectivity index (χ0v) is 24.9. The molecule has 0 aromatic carbocycles. The van der Waals surface area contributed by atoms with Crippen LogP contribution < -0.4 is 0 Å². The molecule has 0 aromatic heterocycles. The second kappa shape index (κ2) is 11.9. The molecule has 29 heavy (non-hydrogen) atoms. The Balaban J connectivity index is 2.14. The molecule has 2 rings (SSSR count). The summed E-state index contributed by atoms with van der Waals surface area (Å²) in [5.41, 5.74) is 1.24. The molecular formula is C24H52OP2Si2. The number of ether oxygens (including phenoxy) is 1. The van der Waals surface area contributed by atoms with Gasteiger partial charge in [0.25, 0.3) is 0 Å². The normalized spacial score (nSPS) is 33.9. The van der Waals surface area contributed by atoms with E-state index in [1.54, 1.807) is 0 Å². The Labute approximate surface area is 189 Å². The van der Waals surface area contributed by atoms with Crippen LogP contribution in [0.25, 0.3) is 0 Å². The molecule has 1 heterocycles. The molecule has 1 nitrogen and oxygen atoms in total. The first-order valence-electron chi connectivity index (χ1n) is 12.7. The number of hydrogen-bond acceptors (Lipinski definition) is 1. The van der Waals surface area contributed by atoms with Gasteiger partial charge in [0.15, 0.2) is 0 Å². The van der Waals surface area contributed by atoms with Crippen molar-refractivity contribution < 1.29 is 4.74 Å². The summed E-state index contributed by atoms with van der Waals surface area (Å²) in [6.07, 6.45) is 14.7. The predicted molar refractivity (Wildman–Crippen MR) is 144 cm³/mol. The standard InChI is InChI=1S/C24H52OP2Si2/c1-9-11-13-26-17-19-15-21-22(16-20(19)18-27-14-12-10-2)24(29(6,7)8)25-23(21)28(3,4)5/h19-24,26-27H,9-18H2,1-8H3. The van der Waals surface area contributed by atoms with E-state index in [0.717, 1.165) is 23.7 Å². The molecule has 0 spiro atoms. The summed E-state index contributed by atoms with van der Waals surface area (Å²) in [5.74, 6) is 3.77. The van der Waals surface area contributed by atoms with Gasteiger partial charge in [0, 0.05) is 0 Å². The fraction of sp³-hybridized carbons (Fsp3) is 1.00. The van der Waals surface area contributed by atoms with Crippen LogP contribution >= 0.6 is 17.2 Å². The quantitative estimate of drug-likeness (QED) is 0.160. The summed E-state index contributed by atoms with van der Waals surface area (Å²) in [6, 6.07) is 0. The number of hydrogen-bond donors (Lipinski definition) is 0. The third-order valence-corrected chi connectivity index (χ3v) is 15.0. The molecule has 8 unspecified atom stereocenters. The summed E-state index contributed by atoms with van der Waals surface area (Å²) < 4.78 is 7.05. The molecule has 1 aliphatic carbocycles. The van der Waals surface area contributed by atoms with Crippen LogP contribution in [0.15, 0.2) is 0 Å².